The largest absolute Gasteiger partial charge is 0.352 e. The molecule has 29 heavy (non-hydrogen) atoms. The highest BCUT2D eigenvalue weighted by Gasteiger charge is 2.14. The molecule has 0 bridgehead atoms. The average Bonchev–Trinajstić information content (AvgIpc) is 2.99. The van der Waals surface area contributed by atoms with Crippen molar-refractivity contribution < 1.29 is 8.78 Å². The predicted molar refractivity (Wildman–Crippen MR) is 104 cm³/mol. The van der Waals surface area contributed by atoms with Gasteiger partial charge in [0.05, 0.1) is 22.8 Å². The van der Waals surface area contributed by atoms with Crippen LogP contribution in [0.2, 0.25) is 5.02 Å². The highest BCUT2D eigenvalue weighted by atomic mass is 35.5. The van der Waals surface area contributed by atoms with Gasteiger partial charge in [-0.1, -0.05) is 11.6 Å². The van der Waals surface area contributed by atoms with Gasteiger partial charge in [-0.2, -0.15) is 10.1 Å². The van der Waals surface area contributed by atoms with Crippen LogP contribution in [0.3, 0.4) is 0 Å². The number of hydrogen-bond acceptors (Lipinski definition) is 5. The van der Waals surface area contributed by atoms with Crippen molar-refractivity contribution in [2.45, 2.75) is 6.54 Å². The Morgan fingerprint density at radius 3 is 2.79 bits per heavy atom. The number of nitrogens with zero attached hydrogens (tertiary/aromatic N) is 4. The van der Waals surface area contributed by atoms with Crippen LogP contribution < -0.4 is 16.7 Å². The summed E-state index contributed by atoms with van der Waals surface area (Å²) in [5.41, 5.74) is -0.807. The summed E-state index contributed by atoms with van der Waals surface area (Å²) in [4.78, 5) is 29.8. The number of hydrogen-bond donors (Lipinski definition) is 2. The van der Waals surface area contributed by atoms with E-state index in [-0.39, 0.29) is 23.1 Å². The lowest BCUT2D eigenvalue weighted by Crippen LogP contribution is -2.34. The van der Waals surface area contributed by atoms with Crippen LogP contribution in [-0.4, -0.2) is 24.3 Å². The van der Waals surface area contributed by atoms with Gasteiger partial charge in [-0.15, -0.1) is 0 Å². The lowest BCUT2D eigenvalue weighted by molar-refractivity contribution is 0.571. The molecule has 2 aromatic carbocycles. The quantitative estimate of drug-likeness (QED) is 0.531. The Balaban J connectivity index is 1.80. The zero-order valence-electron chi connectivity index (χ0n) is 14.9. The molecule has 0 radical (unpaired) electrons. The average molecular weight is 419 g/mol. The van der Waals surface area contributed by atoms with Gasteiger partial charge in [0.1, 0.15) is 11.6 Å². The molecule has 0 aliphatic carbocycles. The third-order valence-corrected chi connectivity index (χ3v) is 4.53. The van der Waals surface area contributed by atoms with E-state index in [0.29, 0.717) is 11.2 Å². The van der Waals surface area contributed by atoms with Crippen LogP contribution in [-0.2, 0) is 13.6 Å². The van der Waals surface area contributed by atoms with Gasteiger partial charge < -0.3 is 5.32 Å². The Bertz CT molecular complexity index is 1360. The summed E-state index contributed by atoms with van der Waals surface area (Å²) < 4.78 is 30.1. The second-order valence-electron chi connectivity index (χ2n) is 6.31. The third kappa shape index (κ3) is 3.74. The van der Waals surface area contributed by atoms with Gasteiger partial charge in [-0.25, -0.2) is 18.4 Å². The molecular formula is C18H13ClF2N6O2. The lowest BCUT2D eigenvalue weighted by Gasteiger charge is -2.14. The molecule has 2 heterocycles. The lowest BCUT2D eigenvalue weighted by atomic mass is 10.2. The first kappa shape index (κ1) is 18.8. The van der Waals surface area contributed by atoms with Crippen molar-refractivity contribution in [2.24, 2.45) is 7.05 Å². The molecule has 0 aliphatic heterocycles. The van der Waals surface area contributed by atoms with Gasteiger partial charge >= 0.3 is 11.4 Å². The summed E-state index contributed by atoms with van der Waals surface area (Å²) in [7, 11) is 1.75. The number of aryl methyl sites for hydroxylation is 1. The standard InChI is InChI=1S/C18H13ClF2N6O2/c1-26-7-10-5-15(12(19)6-14(10)25-26)22-16-23-17(28)24-18(29)27(16)8-9-4-11(20)2-3-13(9)21/h2-7H,8H2,1H3,(H2,22,23,24,28,29). The van der Waals surface area contributed by atoms with Crippen LogP contribution in [0.5, 0.6) is 0 Å². The Morgan fingerprint density at radius 2 is 2.00 bits per heavy atom. The molecule has 0 saturated heterocycles. The molecule has 4 aromatic rings. The molecular weight excluding hydrogens is 406 g/mol. The second-order valence-corrected chi connectivity index (χ2v) is 6.72. The molecule has 0 unspecified atom stereocenters. The van der Waals surface area contributed by atoms with E-state index in [1.807, 2.05) is 4.98 Å². The normalized spacial score (nSPS) is 11.2. The Kier molecular flexibility index (Phi) is 4.63. The van der Waals surface area contributed by atoms with Crippen molar-refractivity contribution in [2.75, 3.05) is 5.32 Å². The molecule has 2 N–H and O–H groups in total. The van der Waals surface area contributed by atoms with Crippen molar-refractivity contribution in [3.8, 4) is 0 Å². The van der Waals surface area contributed by atoms with E-state index in [9.17, 15) is 18.4 Å². The first-order chi connectivity index (χ1) is 13.8. The smallest absolute Gasteiger partial charge is 0.324 e. The van der Waals surface area contributed by atoms with Crippen molar-refractivity contribution in [1.82, 2.24) is 24.3 Å². The Morgan fingerprint density at radius 1 is 1.21 bits per heavy atom. The van der Waals surface area contributed by atoms with E-state index in [0.717, 1.165) is 28.2 Å². The molecule has 0 spiro atoms. The number of halogens is 3. The van der Waals surface area contributed by atoms with Gasteiger partial charge in [0.25, 0.3) is 0 Å². The maximum absolute atomic E-state index is 14.0. The Labute approximate surface area is 166 Å². The second kappa shape index (κ2) is 7.13. The third-order valence-electron chi connectivity index (χ3n) is 4.21. The first-order valence-corrected chi connectivity index (χ1v) is 8.73. The van der Waals surface area contributed by atoms with Gasteiger partial charge in [0.2, 0.25) is 5.95 Å². The Hall–Kier alpha value is -3.53. The summed E-state index contributed by atoms with van der Waals surface area (Å²) in [6, 6.07) is 6.17. The molecule has 0 aliphatic rings. The van der Waals surface area contributed by atoms with Gasteiger partial charge in [-0.3, -0.25) is 14.2 Å². The van der Waals surface area contributed by atoms with Gasteiger partial charge in [0, 0.05) is 24.2 Å². The van der Waals surface area contributed by atoms with Crippen molar-refractivity contribution in [1.29, 1.82) is 0 Å². The maximum Gasteiger partial charge on any atom is 0.352 e. The van der Waals surface area contributed by atoms with Gasteiger partial charge in [-0.05, 0) is 30.3 Å². The summed E-state index contributed by atoms with van der Waals surface area (Å²) in [5.74, 6) is -1.54. The van der Waals surface area contributed by atoms with Crippen LogP contribution in [0.1, 0.15) is 5.56 Å². The molecule has 0 saturated carbocycles. The minimum atomic E-state index is -0.896. The molecule has 4 rings (SSSR count). The van der Waals surface area contributed by atoms with Crippen LogP contribution >= 0.6 is 11.6 Å². The number of fused-ring (bicyclic) bond motifs is 1. The van der Waals surface area contributed by atoms with Crippen molar-refractivity contribution in [3.63, 3.8) is 0 Å². The zero-order chi connectivity index (χ0) is 20.7. The number of aromatic amines is 1. The fourth-order valence-corrected chi connectivity index (χ4v) is 3.11. The highest BCUT2D eigenvalue weighted by molar-refractivity contribution is 6.34. The zero-order valence-corrected chi connectivity index (χ0v) is 15.7. The molecule has 11 heteroatoms. The minimum Gasteiger partial charge on any atom is -0.324 e. The molecule has 2 aromatic heterocycles. The number of H-pyrrole nitrogens is 1. The van der Waals surface area contributed by atoms with E-state index in [1.165, 1.54) is 0 Å². The molecule has 0 fully saturated rings. The van der Waals surface area contributed by atoms with Crippen molar-refractivity contribution >= 4 is 34.1 Å². The van der Waals surface area contributed by atoms with Crippen LogP contribution in [0.25, 0.3) is 10.9 Å². The van der Waals surface area contributed by atoms with Gasteiger partial charge in [0.15, 0.2) is 0 Å². The SMILES string of the molecule is Cn1cc2cc(Nc3nc(=O)[nH]c(=O)n3Cc3cc(F)ccc3F)c(Cl)cc2n1. The first-order valence-electron chi connectivity index (χ1n) is 8.35. The summed E-state index contributed by atoms with van der Waals surface area (Å²) >= 11 is 6.28. The van der Waals surface area contributed by atoms with E-state index in [2.05, 4.69) is 15.4 Å². The van der Waals surface area contributed by atoms with Crippen molar-refractivity contribution in [3.05, 3.63) is 79.7 Å². The molecule has 148 valence electrons. The highest BCUT2D eigenvalue weighted by Crippen LogP contribution is 2.29. The van der Waals surface area contributed by atoms with E-state index in [1.54, 1.807) is 30.1 Å². The van der Waals surface area contributed by atoms with E-state index < -0.39 is 23.0 Å². The fourth-order valence-electron chi connectivity index (χ4n) is 2.90. The minimum absolute atomic E-state index is 0.0854. The van der Waals surface area contributed by atoms with Crippen LogP contribution in [0, 0.1) is 11.6 Å². The summed E-state index contributed by atoms with van der Waals surface area (Å²) in [6.07, 6.45) is 1.76. The maximum atomic E-state index is 14.0. The monoisotopic (exact) mass is 418 g/mol. The predicted octanol–water partition coefficient (Wildman–Crippen LogP) is 2.54. The van der Waals surface area contributed by atoms with E-state index in [4.69, 9.17) is 11.6 Å². The number of nitrogens with one attached hydrogen (secondary N) is 2. The van der Waals surface area contributed by atoms with Crippen LogP contribution in [0.4, 0.5) is 20.4 Å². The number of benzene rings is 2. The molecule has 0 atom stereocenters. The fraction of sp³-hybridized carbons (Fsp3) is 0.111. The number of anilines is 2. The topological polar surface area (TPSA) is 97.6 Å². The molecule has 0 amide bonds. The summed E-state index contributed by atoms with van der Waals surface area (Å²) in [5, 5.41) is 8.10. The number of rotatable bonds is 4. The van der Waals surface area contributed by atoms with E-state index >= 15 is 0 Å². The summed E-state index contributed by atoms with van der Waals surface area (Å²) in [6.45, 7) is -0.360. The van der Waals surface area contributed by atoms with Crippen LogP contribution in [0.15, 0.2) is 46.1 Å². The molecule has 8 nitrogen and oxygen atoms in total. The number of aromatic nitrogens is 5.